The first-order valence-electron chi connectivity index (χ1n) is 17.7. The molecule has 53 heavy (non-hydrogen) atoms. The van der Waals surface area contributed by atoms with Gasteiger partial charge in [0, 0.05) is 36.8 Å². The molecule has 0 bridgehead atoms. The monoisotopic (exact) mass is 763 g/mol. The van der Waals surface area contributed by atoms with Gasteiger partial charge in [-0.15, -0.1) is 0 Å². The van der Waals surface area contributed by atoms with Crippen molar-refractivity contribution in [2.24, 2.45) is 11.5 Å². The van der Waals surface area contributed by atoms with Crippen molar-refractivity contribution in [2.75, 3.05) is 25.6 Å². The van der Waals surface area contributed by atoms with Gasteiger partial charge < -0.3 is 31.9 Å². The van der Waals surface area contributed by atoms with Crippen LogP contribution in [0.5, 0.6) is 0 Å². The molecule has 0 saturated heterocycles. The van der Waals surface area contributed by atoms with Crippen LogP contribution < -0.4 is 32.8 Å². The van der Waals surface area contributed by atoms with Crippen LogP contribution in [-0.4, -0.2) is 65.6 Å². The van der Waals surface area contributed by atoms with Crippen LogP contribution in [0.15, 0.2) is 69.2 Å². The first-order valence-corrected chi connectivity index (χ1v) is 18.9. The van der Waals surface area contributed by atoms with Gasteiger partial charge >= 0.3 is 0 Å². The number of hydrogen-bond donors (Lipinski definition) is 6. The Bertz CT molecular complexity index is 1820. The number of anilines is 1. The summed E-state index contributed by atoms with van der Waals surface area (Å²) in [6.45, 7) is 7.10. The number of carbonyl (C=O) groups is 3. The lowest BCUT2D eigenvalue weighted by atomic mass is 10.0. The summed E-state index contributed by atoms with van der Waals surface area (Å²) >= 11 is 8.29. The second kappa shape index (κ2) is 20.7. The Morgan fingerprint density at radius 1 is 0.981 bits per heavy atom. The normalized spacial score (nSPS) is 12.2. The summed E-state index contributed by atoms with van der Waals surface area (Å²) < 4.78 is 5.38. The fourth-order valence-corrected chi connectivity index (χ4v) is 7.26. The molecule has 0 saturated carbocycles. The average molecular weight is 764 g/mol. The molecular formula is C38H50ClN9O4S. The highest BCUT2D eigenvalue weighted by molar-refractivity contribution is 7.99. The van der Waals surface area contributed by atoms with Gasteiger partial charge in [-0.1, -0.05) is 52.8 Å². The molecule has 0 unspecified atom stereocenters. The van der Waals surface area contributed by atoms with Crippen molar-refractivity contribution in [1.29, 1.82) is 0 Å². The van der Waals surface area contributed by atoms with Crippen molar-refractivity contribution in [3.63, 3.8) is 0 Å². The Hall–Kier alpha value is -4.47. The summed E-state index contributed by atoms with van der Waals surface area (Å²) in [6, 6.07) is 13.8. The van der Waals surface area contributed by atoms with E-state index >= 15 is 0 Å². The number of amides is 3. The van der Waals surface area contributed by atoms with Gasteiger partial charge in [-0.25, -0.2) is 4.98 Å². The maximum absolute atomic E-state index is 13.9. The predicted octanol–water partition coefficient (Wildman–Crippen LogP) is 5.01. The van der Waals surface area contributed by atoms with Crippen molar-refractivity contribution >= 4 is 47.3 Å². The number of unbranched alkanes of at least 4 members (excludes halogenated alkanes) is 1. The summed E-state index contributed by atoms with van der Waals surface area (Å²) in [5, 5.41) is 15.8. The van der Waals surface area contributed by atoms with Crippen LogP contribution >= 0.6 is 23.4 Å². The third-order valence-corrected chi connectivity index (χ3v) is 10.4. The zero-order valence-electron chi connectivity index (χ0n) is 30.7. The maximum Gasteiger partial charge on any atom is 0.263 e. The van der Waals surface area contributed by atoms with E-state index in [1.807, 2.05) is 69.3 Å². The first-order chi connectivity index (χ1) is 25.6. The molecule has 0 aliphatic rings. The van der Waals surface area contributed by atoms with E-state index in [1.54, 1.807) is 13.2 Å². The largest absolute Gasteiger partial charge is 0.361 e. The van der Waals surface area contributed by atoms with Crippen molar-refractivity contribution in [2.45, 2.75) is 88.0 Å². The number of hydrazine groups is 1. The molecular weight excluding hydrogens is 714 g/mol. The molecule has 4 rings (SSSR count). The highest BCUT2D eigenvalue weighted by Gasteiger charge is 2.28. The zero-order chi connectivity index (χ0) is 38.3. The van der Waals surface area contributed by atoms with Crippen LogP contribution in [0.4, 0.5) is 5.69 Å². The molecule has 15 heteroatoms. The van der Waals surface area contributed by atoms with Crippen molar-refractivity contribution in [3.8, 4) is 11.1 Å². The van der Waals surface area contributed by atoms with Gasteiger partial charge in [-0.05, 0) is 112 Å². The molecule has 2 atom stereocenters. The lowest BCUT2D eigenvalue weighted by Crippen LogP contribution is -2.53. The Labute approximate surface area is 320 Å². The fourth-order valence-electron chi connectivity index (χ4n) is 5.91. The number of pyridine rings is 1. The Morgan fingerprint density at radius 2 is 1.74 bits per heavy atom. The summed E-state index contributed by atoms with van der Waals surface area (Å²) in [4.78, 5) is 44.3. The number of nitrogens with one attached hydrogen (secondary N) is 4. The predicted molar refractivity (Wildman–Crippen MR) is 209 cm³/mol. The number of aromatic nitrogens is 2. The number of para-hydroxylation sites is 1. The van der Waals surface area contributed by atoms with Crippen LogP contribution in [0.25, 0.3) is 11.1 Å². The number of hydrogen-bond acceptors (Lipinski definition) is 11. The molecule has 2 heterocycles. The zero-order valence-corrected chi connectivity index (χ0v) is 32.3. The highest BCUT2D eigenvalue weighted by atomic mass is 35.5. The number of benzene rings is 2. The number of rotatable bonds is 21. The van der Waals surface area contributed by atoms with Crippen molar-refractivity contribution in [1.82, 2.24) is 31.1 Å². The number of aryl methyl sites for hydroxylation is 3. The lowest BCUT2D eigenvalue weighted by Gasteiger charge is -2.28. The van der Waals surface area contributed by atoms with Gasteiger partial charge in [0.05, 0.1) is 22.4 Å². The Morgan fingerprint density at radius 3 is 2.43 bits per heavy atom. The number of nitrogens with zero attached hydrogens (tertiary/aromatic N) is 3. The molecule has 0 radical (unpaired) electrons. The molecule has 0 aliphatic carbocycles. The molecule has 284 valence electrons. The van der Waals surface area contributed by atoms with Crippen LogP contribution in [0, 0.1) is 20.8 Å². The van der Waals surface area contributed by atoms with Crippen LogP contribution in [0.1, 0.15) is 60.2 Å². The summed E-state index contributed by atoms with van der Waals surface area (Å²) in [7, 11) is 1.65. The molecule has 13 nitrogen and oxygen atoms in total. The molecule has 3 amide bonds. The fraction of sp³-hybridized carbons (Fsp3) is 0.395. The van der Waals surface area contributed by atoms with E-state index < -0.39 is 12.1 Å². The van der Waals surface area contributed by atoms with Crippen LogP contribution in [0.2, 0.25) is 5.02 Å². The SMILES string of the molecule is Cc1ccccc1NN(C)C(=O)[C@H](CCCCN)NC(=O)[C@H](CCCN)NCc1cccnc1Sc1c(Cl)cc(-c2c(C)noc2C)cc1CNC=O. The molecule has 8 N–H and O–H groups in total. The van der Waals surface area contributed by atoms with E-state index in [2.05, 4.69) is 31.5 Å². The highest BCUT2D eigenvalue weighted by Crippen LogP contribution is 2.40. The van der Waals surface area contributed by atoms with Gasteiger partial charge in [0.2, 0.25) is 12.3 Å². The molecule has 4 aromatic rings. The van der Waals surface area contributed by atoms with Gasteiger partial charge in [0.1, 0.15) is 16.8 Å². The van der Waals surface area contributed by atoms with Crippen molar-refractivity contribution in [3.05, 3.63) is 87.9 Å². The molecule has 0 aliphatic heterocycles. The average Bonchev–Trinajstić information content (AvgIpc) is 3.49. The standard InChI is InChI=1S/C38H50ClN9O4S/c1-24-11-5-6-13-31(24)46-48(4)38(51)33(14-7-8-16-40)45-36(50)32(15-9-17-41)44-22-27-12-10-18-43-37(27)53-35-29(21-42-23-49)19-28(20-30(35)39)34-25(2)47-52-26(34)3/h5-6,10-13,18-20,23,32-33,44,46H,7-9,14-17,21-22,40-41H2,1-4H3,(H,42,49)(H,45,50)/t32-,33-/m0/s1. The summed E-state index contributed by atoms with van der Waals surface area (Å²) in [6.07, 6.45) is 5.23. The third-order valence-electron chi connectivity index (χ3n) is 8.74. The lowest BCUT2D eigenvalue weighted by molar-refractivity contribution is -0.135. The van der Waals surface area contributed by atoms with E-state index in [9.17, 15) is 14.4 Å². The first kappa shape index (κ1) is 41.3. The third kappa shape index (κ3) is 11.5. The topological polar surface area (TPSA) is 194 Å². The van der Waals surface area contributed by atoms with E-state index in [1.165, 1.54) is 16.8 Å². The van der Waals surface area contributed by atoms with Gasteiger partial charge in [0.25, 0.3) is 5.91 Å². The van der Waals surface area contributed by atoms with Crippen LogP contribution in [0.3, 0.4) is 0 Å². The van der Waals surface area contributed by atoms with E-state index in [0.717, 1.165) is 50.5 Å². The minimum Gasteiger partial charge on any atom is -0.361 e. The molecule has 0 fully saturated rings. The van der Waals surface area contributed by atoms with E-state index in [-0.39, 0.29) is 18.4 Å². The molecule has 2 aromatic carbocycles. The minimum atomic E-state index is -0.767. The Kier molecular flexibility index (Phi) is 16.1. The second-order valence-corrected chi connectivity index (χ2v) is 14.2. The van der Waals surface area contributed by atoms with E-state index in [0.29, 0.717) is 67.5 Å². The van der Waals surface area contributed by atoms with Crippen molar-refractivity contribution < 1.29 is 18.9 Å². The molecule has 0 spiro atoms. The number of nitrogens with two attached hydrogens (primary N) is 2. The number of likely N-dealkylation sites (N-methyl/N-ethyl adjacent to an activating group) is 1. The van der Waals surface area contributed by atoms with Crippen LogP contribution in [-0.2, 0) is 27.5 Å². The quantitative estimate of drug-likeness (QED) is 0.0380. The summed E-state index contributed by atoms with van der Waals surface area (Å²) in [5.41, 5.74) is 20.6. The van der Waals surface area contributed by atoms with Gasteiger partial charge in [0.15, 0.2) is 0 Å². The maximum atomic E-state index is 13.9. The number of carbonyl (C=O) groups excluding carboxylic acids is 3. The minimum absolute atomic E-state index is 0.241. The smallest absolute Gasteiger partial charge is 0.263 e. The van der Waals surface area contributed by atoms with Gasteiger partial charge in [-0.2, -0.15) is 0 Å². The summed E-state index contributed by atoms with van der Waals surface area (Å²) in [5.74, 6) is 0.100. The molecule has 2 aromatic heterocycles. The number of halogens is 1. The second-order valence-electron chi connectivity index (χ2n) is 12.7. The Balaban J connectivity index is 1.53. The van der Waals surface area contributed by atoms with E-state index in [4.69, 9.17) is 27.6 Å². The van der Waals surface area contributed by atoms with Gasteiger partial charge in [-0.3, -0.25) is 24.8 Å².